The van der Waals surface area contributed by atoms with Crippen molar-refractivity contribution in [3.05, 3.63) is 18.2 Å². The lowest BCUT2D eigenvalue weighted by atomic mass is 10.1. The minimum atomic E-state index is -0.615. The molecule has 1 aromatic rings. The first-order chi connectivity index (χ1) is 13.5. The summed E-state index contributed by atoms with van der Waals surface area (Å²) in [6.45, 7) is 3.24. The molecule has 3 rings (SSSR count). The molecule has 2 aliphatic rings. The largest absolute Gasteiger partial charge is 0.478 e. The highest BCUT2D eigenvalue weighted by Gasteiger charge is 2.35. The fraction of sp³-hybridized carbons (Fsp3) is 0.550. The number of amides is 3. The summed E-state index contributed by atoms with van der Waals surface area (Å²) in [4.78, 5) is 40.8. The van der Waals surface area contributed by atoms with E-state index in [-0.39, 0.29) is 30.9 Å². The molecule has 152 valence electrons. The van der Waals surface area contributed by atoms with Gasteiger partial charge in [-0.2, -0.15) is 0 Å². The summed E-state index contributed by atoms with van der Waals surface area (Å²) in [5, 5.41) is 2.72. The molecule has 2 aliphatic heterocycles. The van der Waals surface area contributed by atoms with Crippen LogP contribution in [0.3, 0.4) is 0 Å². The molecule has 0 aromatic heterocycles. The molecule has 0 spiro atoms. The van der Waals surface area contributed by atoms with Crippen LogP contribution < -0.4 is 15.0 Å². The molecule has 1 saturated heterocycles. The van der Waals surface area contributed by atoms with Gasteiger partial charge in [-0.25, -0.2) is 0 Å². The minimum Gasteiger partial charge on any atom is -0.478 e. The van der Waals surface area contributed by atoms with Crippen LogP contribution in [0.2, 0.25) is 0 Å². The van der Waals surface area contributed by atoms with Crippen LogP contribution in [0.1, 0.15) is 32.6 Å². The second-order valence-electron chi connectivity index (χ2n) is 7.04. The number of benzene rings is 1. The number of likely N-dealkylation sites (tertiary alicyclic amines) is 1. The molecule has 3 amide bonds. The Hall–Kier alpha value is -2.61. The van der Waals surface area contributed by atoms with Gasteiger partial charge in [0.25, 0.3) is 5.91 Å². The molecule has 0 radical (unpaired) electrons. The zero-order valence-corrected chi connectivity index (χ0v) is 16.4. The van der Waals surface area contributed by atoms with Crippen molar-refractivity contribution in [2.75, 3.05) is 43.6 Å². The van der Waals surface area contributed by atoms with Gasteiger partial charge in [0.15, 0.2) is 6.10 Å². The lowest BCUT2D eigenvalue weighted by Crippen LogP contribution is -2.51. The number of anilines is 2. The molecule has 0 saturated carbocycles. The highest BCUT2D eigenvalue weighted by molar-refractivity contribution is 6.04. The molecule has 1 aromatic carbocycles. The number of methoxy groups -OCH3 is 1. The highest BCUT2D eigenvalue weighted by Crippen LogP contribution is 2.37. The number of fused-ring (bicyclic) bond motifs is 1. The van der Waals surface area contributed by atoms with Crippen LogP contribution in [0, 0.1) is 0 Å². The molecule has 0 bridgehead atoms. The van der Waals surface area contributed by atoms with Crippen LogP contribution >= 0.6 is 0 Å². The van der Waals surface area contributed by atoms with Gasteiger partial charge in [-0.3, -0.25) is 19.3 Å². The molecular weight excluding hydrogens is 362 g/mol. The maximum atomic E-state index is 12.9. The number of rotatable bonds is 6. The second kappa shape index (κ2) is 9.05. The van der Waals surface area contributed by atoms with Crippen molar-refractivity contribution in [3.8, 4) is 5.75 Å². The average Bonchev–Trinajstić information content (AvgIpc) is 2.70. The molecule has 1 N–H and O–H groups in total. The molecule has 8 nitrogen and oxygen atoms in total. The Bertz CT molecular complexity index is 745. The van der Waals surface area contributed by atoms with E-state index in [0.29, 0.717) is 23.5 Å². The predicted octanol–water partition coefficient (Wildman–Crippen LogP) is 1.79. The molecule has 8 heteroatoms. The van der Waals surface area contributed by atoms with Crippen LogP contribution in [0.25, 0.3) is 0 Å². The molecule has 1 unspecified atom stereocenters. The Balaban J connectivity index is 1.84. The first kappa shape index (κ1) is 20.1. The zero-order valence-electron chi connectivity index (χ0n) is 16.4. The van der Waals surface area contributed by atoms with Gasteiger partial charge in [-0.15, -0.1) is 0 Å². The van der Waals surface area contributed by atoms with E-state index in [9.17, 15) is 14.4 Å². The lowest BCUT2D eigenvalue weighted by Gasteiger charge is -2.36. The highest BCUT2D eigenvalue weighted by atomic mass is 16.5. The van der Waals surface area contributed by atoms with Gasteiger partial charge < -0.3 is 19.7 Å². The maximum absolute atomic E-state index is 12.9. The maximum Gasteiger partial charge on any atom is 0.268 e. The van der Waals surface area contributed by atoms with E-state index >= 15 is 0 Å². The van der Waals surface area contributed by atoms with Gasteiger partial charge in [0.05, 0.1) is 5.69 Å². The Morgan fingerprint density at radius 1 is 1.25 bits per heavy atom. The predicted molar refractivity (Wildman–Crippen MR) is 104 cm³/mol. The van der Waals surface area contributed by atoms with Crippen molar-refractivity contribution in [1.82, 2.24) is 4.90 Å². The molecule has 1 atom stereocenters. The third kappa shape index (κ3) is 4.44. The van der Waals surface area contributed by atoms with Crippen LogP contribution in [0.15, 0.2) is 18.2 Å². The zero-order chi connectivity index (χ0) is 20.1. The summed E-state index contributed by atoms with van der Waals surface area (Å²) in [5.41, 5.74) is 1.01. The molecule has 0 aliphatic carbocycles. The monoisotopic (exact) mass is 389 g/mol. The molecule has 28 heavy (non-hydrogen) atoms. The van der Waals surface area contributed by atoms with Crippen molar-refractivity contribution in [2.45, 2.75) is 38.7 Å². The van der Waals surface area contributed by atoms with Gasteiger partial charge >= 0.3 is 0 Å². The number of piperidine rings is 1. The standard InChI is InChI=1S/C20H27N3O5/c1-3-16-20(26)23(12-19(25)22-9-5-4-6-10-22)15-11-14(7-8-17(15)28-16)21-18(24)13-27-2/h7-8,11,16H,3-6,9-10,12-13H2,1-2H3,(H,21,24). The van der Waals surface area contributed by atoms with Crippen LogP contribution in [-0.4, -0.2) is 62.1 Å². The quantitative estimate of drug-likeness (QED) is 0.801. The van der Waals surface area contributed by atoms with E-state index in [4.69, 9.17) is 9.47 Å². The second-order valence-corrected chi connectivity index (χ2v) is 7.04. The first-order valence-electron chi connectivity index (χ1n) is 9.72. The number of hydrogen-bond acceptors (Lipinski definition) is 5. The van der Waals surface area contributed by atoms with E-state index in [2.05, 4.69) is 5.32 Å². The summed E-state index contributed by atoms with van der Waals surface area (Å²) in [6.07, 6.45) is 3.01. The average molecular weight is 389 g/mol. The summed E-state index contributed by atoms with van der Waals surface area (Å²) in [5.74, 6) is -0.0687. The van der Waals surface area contributed by atoms with Crippen molar-refractivity contribution < 1.29 is 23.9 Å². The third-order valence-electron chi connectivity index (χ3n) is 4.99. The molecule has 2 heterocycles. The van der Waals surface area contributed by atoms with E-state index in [1.54, 1.807) is 18.2 Å². The number of nitrogens with zero attached hydrogens (tertiary/aromatic N) is 2. The lowest BCUT2D eigenvalue weighted by molar-refractivity contribution is -0.134. The minimum absolute atomic E-state index is 0.0266. The van der Waals surface area contributed by atoms with Crippen molar-refractivity contribution in [3.63, 3.8) is 0 Å². The van der Waals surface area contributed by atoms with E-state index in [1.165, 1.54) is 12.0 Å². The summed E-state index contributed by atoms with van der Waals surface area (Å²) in [7, 11) is 1.44. The Morgan fingerprint density at radius 3 is 2.68 bits per heavy atom. The van der Waals surface area contributed by atoms with Crippen molar-refractivity contribution in [1.29, 1.82) is 0 Å². The Kier molecular flexibility index (Phi) is 6.51. The summed E-state index contributed by atoms with van der Waals surface area (Å²) in [6, 6.07) is 5.08. The Labute approximate surface area is 164 Å². The Morgan fingerprint density at radius 2 is 2.00 bits per heavy atom. The topological polar surface area (TPSA) is 88.2 Å². The smallest absolute Gasteiger partial charge is 0.268 e. The van der Waals surface area contributed by atoms with Crippen molar-refractivity contribution >= 4 is 29.1 Å². The van der Waals surface area contributed by atoms with Gasteiger partial charge in [0, 0.05) is 25.9 Å². The molecular formula is C20H27N3O5. The van der Waals surface area contributed by atoms with Gasteiger partial charge in [-0.05, 0) is 43.9 Å². The number of ether oxygens (including phenoxy) is 2. The van der Waals surface area contributed by atoms with Crippen LogP contribution in [-0.2, 0) is 19.1 Å². The van der Waals surface area contributed by atoms with Gasteiger partial charge in [-0.1, -0.05) is 6.92 Å². The van der Waals surface area contributed by atoms with Crippen LogP contribution in [0.5, 0.6) is 5.75 Å². The first-order valence-corrected chi connectivity index (χ1v) is 9.72. The van der Waals surface area contributed by atoms with Crippen LogP contribution in [0.4, 0.5) is 11.4 Å². The van der Waals surface area contributed by atoms with E-state index < -0.39 is 6.10 Å². The summed E-state index contributed by atoms with van der Waals surface area (Å²) < 4.78 is 10.6. The van der Waals surface area contributed by atoms with E-state index in [0.717, 1.165) is 32.4 Å². The normalized spacial score (nSPS) is 19.1. The summed E-state index contributed by atoms with van der Waals surface area (Å²) >= 11 is 0. The van der Waals surface area contributed by atoms with Crippen molar-refractivity contribution in [2.24, 2.45) is 0 Å². The fourth-order valence-electron chi connectivity index (χ4n) is 3.53. The SMILES string of the molecule is CCC1Oc2ccc(NC(=O)COC)cc2N(CC(=O)N2CCCCC2)C1=O. The fourth-order valence-corrected chi connectivity index (χ4v) is 3.53. The number of carbonyl (C=O) groups is 3. The number of hydrogen-bond donors (Lipinski definition) is 1. The third-order valence-corrected chi connectivity index (χ3v) is 4.99. The van der Waals surface area contributed by atoms with E-state index in [1.807, 2.05) is 11.8 Å². The molecule has 1 fully saturated rings. The van der Waals surface area contributed by atoms with Gasteiger partial charge in [0.2, 0.25) is 11.8 Å². The van der Waals surface area contributed by atoms with Gasteiger partial charge in [0.1, 0.15) is 18.9 Å². The number of nitrogens with one attached hydrogen (secondary N) is 1. The number of carbonyl (C=O) groups excluding carboxylic acids is 3.